The van der Waals surface area contributed by atoms with Crippen LogP contribution in [-0.4, -0.2) is 20.8 Å². The summed E-state index contributed by atoms with van der Waals surface area (Å²) in [4.78, 5) is 0. The fourth-order valence-corrected chi connectivity index (χ4v) is 1.84. The van der Waals surface area contributed by atoms with Gasteiger partial charge in [-0.15, -0.1) is 0 Å². The van der Waals surface area contributed by atoms with Crippen LogP contribution in [0.2, 0.25) is 0 Å². The summed E-state index contributed by atoms with van der Waals surface area (Å²) >= 11 is 0. The molecule has 0 radical (unpaired) electrons. The van der Waals surface area contributed by atoms with E-state index in [0.29, 0.717) is 0 Å². The van der Waals surface area contributed by atoms with Crippen molar-refractivity contribution in [2.75, 3.05) is 20.8 Å². The molecule has 0 aliphatic rings. The minimum atomic E-state index is 0.756. The van der Waals surface area contributed by atoms with Gasteiger partial charge in [-0.25, -0.2) is 0 Å². The number of benzene rings is 1. The molecule has 0 saturated heterocycles. The van der Waals surface area contributed by atoms with Crippen molar-refractivity contribution in [2.24, 2.45) is 5.73 Å². The highest BCUT2D eigenvalue weighted by Crippen LogP contribution is 2.32. The lowest BCUT2D eigenvalue weighted by Crippen LogP contribution is -2.00. The minimum absolute atomic E-state index is 0.756. The van der Waals surface area contributed by atoms with Crippen LogP contribution in [0.1, 0.15) is 24.0 Å². The number of nitrogens with two attached hydrogens (primary N) is 1. The molecule has 0 aliphatic carbocycles. The van der Waals surface area contributed by atoms with E-state index in [-0.39, 0.29) is 0 Å². The summed E-state index contributed by atoms with van der Waals surface area (Å²) in [7, 11) is 3.33. The van der Waals surface area contributed by atoms with Crippen LogP contribution in [0.15, 0.2) is 12.1 Å². The van der Waals surface area contributed by atoms with Gasteiger partial charge in [-0.1, -0.05) is 6.07 Å². The van der Waals surface area contributed by atoms with Crippen LogP contribution in [0.4, 0.5) is 0 Å². The summed E-state index contributed by atoms with van der Waals surface area (Å²) < 4.78 is 10.6. The number of hydrogen-bond acceptors (Lipinski definition) is 3. The molecule has 0 aromatic heterocycles. The third kappa shape index (κ3) is 3.14. The van der Waals surface area contributed by atoms with Crippen LogP contribution in [0.3, 0.4) is 0 Å². The maximum Gasteiger partial charge on any atom is 0.163 e. The zero-order chi connectivity index (χ0) is 12.0. The van der Waals surface area contributed by atoms with E-state index in [9.17, 15) is 0 Å². The summed E-state index contributed by atoms with van der Waals surface area (Å²) in [6.07, 6.45) is 3.22. The molecule has 1 aromatic rings. The van der Waals surface area contributed by atoms with Crippen molar-refractivity contribution in [1.29, 1.82) is 0 Å². The van der Waals surface area contributed by atoms with Crippen LogP contribution < -0.4 is 15.2 Å². The van der Waals surface area contributed by atoms with Crippen molar-refractivity contribution in [2.45, 2.75) is 26.2 Å². The van der Waals surface area contributed by atoms with Crippen molar-refractivity contribution < 1.29 is 9.47 Å². The number of unbranched alkanes of at least 4 members (excludes halogenated alkanes) is 1. The standard InChI is InChI=1S/C13H21NO2/c1-10-8-11(6-4-5-7-14)9-12(15-2)13(10)16-3/h8-9H,4-7,14H2,1-3H3. The van der Waals surface area contributed by atoms with E-state index in [1.54, 1.807) is 14.2 Å². The second kappa shape index (κ2) is 6.38. The average molecular weight is 223 g/mol. The first-order valence-electron chi connectivity index (χ1n) is 5.64. The van der Waals surface area contributed by atoms with E-state index < -0.39 is 0 Å². The van der Waals surface area contributed by atoms with E-state index >= 15 is 0 Å². The van der Waals surface area contributed by atoms with Crippen LogP contribution in [0.5, 0.6) is 11.5 Å². The Morgan fingerprint density at radius 2 is 1.88 bits per heavy atom. The molecule has 0 amide bonds. The van der Waals surface area contributed by atoms with E-state index in [1.807, 2.05) is 13.0 Å². The molecule has 16 heavy (non-hydrogen) atoms. The second-order valence-electron chi connectivity index (χ2n) is 3.89. The van der Waals surface area contributed by atoms with Gasteiger partial charge in [0, 0.05) is 0 Å². The van der Waals surface area contributed by atoms with Gasteiger partial charge in [-0.3, -0.25) is 0 Å². The molecular formula is C13H21NO2. The van der Waals surface area contributed by atoms with Gasteiger partial charge in [0.05, 0.1) is 14.2 Å². The molecule has 1 aromatic carbocycles. The zero-order valence-electron chi connectivity index (χ0n) is 10.4. The maximum absolute atomic E-state index is 5.48. The molecule has 3 nitrogen and oxygen atoms in total. The Kier molecular flexibility index (Phi) is 5.12. The highest BCUT2D eigenvalue weighted by atomic mass is 16.5. The van der Waals surface area contributed by atoms with Gasteiger partial charge < -0.3 is 15.2 Å². The fourth-order valence-electron chi connectivity index (χ4n) is 1.84. The SMILES string of the molecule is COc1cc(CCCCN)cc(C)c1OC. The molecule has 0 spiro atoms. The summed E-state index contributed by atoms with van der Waals surface area (Å²) in [5.74, 6) is 1.63. The van der Waals surface area contributed by atoms with Crippen LogP contribution >= 0.6 is 0 Å². The Hall–Kier alpha value is -1.22. The first-order chi connectivity index (χ1) is 7.72. The van der Waals surface area contributed by atoms with Gasteiger partial charge in [-0.2, -0.15) is 0 Å². The molecule has 0 atom stereocenters. The predicted octanol–water partition coefficient (Wildman–Crippen LogP) is 2.29. The topological polar surface area (TPSA) is 44.5 Å². The number of aryl methyl sites for hydroxylation is 2. The quantitative estimate of drug-likeness (QED) is 0.753. The summed E-state index contributed by atoms with van der Waals surface area (Å²) in [5, 5.41) is 0. The van der Waals surface area contributed by atoms with Gasteiger partial charge in [0.25, 0.3) is 0 Å². The highest BCUT2D eigenvalue weighted by Gasteiger charge is 2.08. The monoisotopic (exact) mass is 223 g/mol. The number of methoxy groups -OCH3 is 2. The Morgan fingerprint density at radius 3 is 2.44 bits per heavy atom. The van der Waals surface area contributed by atoms with Gasteiger partial charge in [0.15, 0.2) is 11.5 Å². The van der Waals surface area contributed by atoms with Crippen LogP contribution in [-0.2, 0) is 6.42 Å². The van der Waals surface area contributed by atoms with E-state index in [1.165, 1.54) is 5.56 Å². The van der Waals surface area contributed by atoms with Crippen molar-refractivity contribution in [1.82, 2.24) is 0 Å². The Balaban J connectivity index is 2.83. The lowest BCUT2D eigenvalue weighted by Gasteiger charge is -2.12. The summed E-state index contributed by atoms with van der Waals surface area (Å²) in [6.45, 7) is 2.79. The van der Waals surface area contributed by atoms with Crippen LogP contribution in [0, 0.1) is 6.92 Å². The third-order valence-electron chi connectivity index (χ3n) is 2.64. The molecular weight excluding hydrogens is 202 g/mol. The first kappa shape index (κ1) is 12.8. The number of rotatable bonds is 6. The number of ether oxygens (including phenoxy) is 2. The van der Waals surface area contributed by atoms with Crippen molar-refractivity contribution >= 4 is 0 Å². The lowest BCUT2D eigenvalue weighted by molar-refractivity contribution is 0.352. The largest absolute Gasteiger partial charge is 0.493 e. The predicted molar refractivity (Wildman–Crippen MR) is 66.3 cm³/mol. The molecule has 2 N–H and O–H groups in total. The Morgan fingerprint density at radius 1 is 1.12 bits per heavy atom. The van der Waals surface area contributed by atoms with Gasteiger partial charge in [0.1, 0.15) is 0 Å². The Bertz CT molecular complexity index is 337. The first-order valence-corrected chi connectivity index (χ1v) is 5.64. The van der Waals surface area contributed by atoms with Gasteiger partial charge in [-0.05, 0) is 49.9 Å². The lowest BCUT2D eigenvalue weighted by atomic mass is 10.0. The molecule has 0 bridgehead atoms. The van der Waals surface area contributed by atoms with Crippen molar-refractivity contribution in [3.8, 4) is 11.5 Å². The van der Waals surface area contributed by atoms with E-state index in [0.717, 1.165) is 42.9 Å². The molecule has 0 saturated carbocycles. The van der Waals surface area contributed by atoms with Gasteiger partial charge >= 0.3 is 0 Å². The Labute approximate surface area is 97.6 Å². The molecule has 0 heterocycles. The molecule has 0 unspecified atom stereocenters. The van der Waals surface area contributed by atoms with Crippen molar-refractivity contribution in [3.05, 3.63) is 23.3 Å². The zero-order valence-corrected chi connectivity index (χ0v) is 10.4. The molecule has 90 valence electrons. The molecule has 3 heteroatoms. The summed E-state index contributed by atoms with van der Waals surface area (Å²) in [6, 6.07) is 4.19. The third-order valence-corrected chi connectivity index (χ3v) is 2.64. The minimum Gasteiger partial charge on any atom is -0.493 e. The summed E-state index contributed by atoms with van der Waals surface area (Å²) in [5.41, 5.74) is 7.88. The van der Waals surface area contributed by atoms with Crippen LogP contribution in [0.25, 0.3) is 0 Å². The molecule has 0 aliphatic heterocycles. The second-order valence-corrected chi connectivity index (χ2v) is 3.89. The van der Waals surface area contributed by atoms with Crippen molar-refractivity contribution in [3.63, 3.8) is 0 Å². The highest BCUT2D eigenvalue weighted by molar-refractivity contribution is 5.48. The normalized spacial score (nSPS) is 10.2. The fraction of sp³-hybridized carbons (Fsp3) is 0.538. The average Bonchev–Trinajstić information content (AvgIpc) is 2.28. The number of hydrogen-bond donors (Lipinski definition) is 1. The van der Waals surface area contributed by atoms with E-state index in [2.05, 4.69) is 6.07 Å². The van der Waals surface area contributed by atoms with E-state index in [4.69, 9.17) is 15.2 Å². The molecule has 1 rings (SSSR count). The van der Waals surface area contributed by atoms with Gasteiger partial charge in [0.2, 0.25) is 0 Å². The smallest absolute Gasteiger partial charge is 0.163 e. The maximum atomic E-state index is 5.48. The molecule has 0 fully saturated rings.